The summed E-state index contributed by atoms with van der Waals surface area (Å²) in [7, 11) is 1.55. The monoisotopic (exact) mass is 502 g/mol. The molecule has 0 bridgehead atoms. The molecule has 0 atom stereocenters. The van der Waals surface area contributed by atoms with E-state index in [0.29, 0.717) is 46.9 Å². The fraction of sp³-hybridized carbons (Fsp3) is 0.357. The molecule has 4 aromatic rings. The molecule has 0 radical (unpaired) electrons. The average molecular weight is 503 g/mol. The van der Waals surface area contributed by atoms with Crippen LogP contribution >= 0.6 is 0 Å². The summed E-state index contributed by atoms with van der Waals surface area (Å²) in [6.07, 6.45) is 1.74. The Labute approximate surface area is 215 Å². The van der Waals surface area contributed by atoms with Gasteiger partial charge < -0.3 is 15.0 Å². The molecule has 8 nitrogen and oxygen atoms in total. The zero-order valence-corrected chi connectivity index (χ0v) is 21.8. The number of nitrogens with one attached hydrogen (secondary N) is 1. The van der Waals surface area contributed by atoms with Crippen LogP contribution in [-0.4, -0.2) is 52.8 Å². The van der Waals surface area contributed by atoms with E-state index >= 15 is 4.39 Å². The second-order valence-corrected chi connectivity index (χ2v) is 9.65. The molecular weight excluding hydrogens is 471 g/mol. The standard InChI is InChI=1S/C28H31FN6O2/c1-16(2)23-25(18(4)9-10-31-23)35-27-19(26(33-28(35)36)34-13-11-30-12-14-34)15-20(29)24(32-27)22-17(3)7-6-8-21(22)37-5/h6-10,15-16,30H,11-14H2,1-5H3. The normalized spacial score (nSPS) is 14.0. The smallest absolute Gasteiger partial charge is 0.355 e. The third kappa shape index (κ3) is 4.33. The highest BCUT2D eigenvalue weighted by Crippen LogP contribution is 2.37. The van der Waals surface area contributed by atoms with Crippen LogP contribution in [0.5, 0.6) is 5.75 Å². The van der Waals surface area contributed by atoms with Gasteiger partial charge in [0.15, 0.2) is 11.5 Å². The molecule has 0 spiro atoms. The second-order valence-electron chi connectivity index (χ2n) is 9.65. The molecule has 9 heteroatoms. The third-order valence-corrected chi connectivity index (χ3v) is 6.83. The predicted octanol–water partition coefficient (Wildman–Crippen LogP) is 4.14. The Morgan fingerprint density at radius 2 is 1.84 bits per heavy atom. The Balaban J connectivity index is 1.91. The number of fused-ring (bicyclic) bond motifs is 1. The second kappa shape index (κ2) is 9.89. The molecule has 37 heavy (non-hydrogen) atoms. The number of ether oxygens (including phenoxy) is 1. The summed E-state index contributed by atoms with van der Waals surface area (Å²) >= 11 is 0. The number of piperazine rings is 1. The Bertz CT molecular complexity index is 1540. The van der Waals surface area contributed by atoms with E-state index in [1.54, 1.807) is 19.4 Å². The van der Waals surface area contributed by atoms with Crippen LogP contribution in [0.2, 0.25) is 0 Å². The number of hydrogen-bond donors (Lipinski definition) is 1. The Hall–Kier alpha value is -3.85. The van der Waals surface area contributed by atoms with Crippen LogP contribution in [0.3, 0.4) is 0 Å². The van der Waals surface area contributed by atoms with Gasteiger partial charge in [-0.25, -0.2) is 18.7 Å². The molecule has 1 N–H and O–H groups in total. The zero-order chi connectivity index (χ0) is 26.3. The maximum Gasteiger partial charge on any atom is 0.355 e. The van der Waals surface area contributed by atoms with Crippen molar-refractivity contribution in [3.63, 3.8) is 0 Å². The van der Waals surface area contributed by atoms with Gasteiger partial charge in [0.25, 0.3) is 0 Å². The molecule has 5 rings (SSSR count). The van der Waals surface area contributed by atoms with Crippen LogP contribution in [-0.2, 0) is 0 Å². The van der Waals surface area contributed by atoms with Crippen LogP contribution in [0.25, 0.3) is 28.0 Å². The Kier molecular flexibility index (Phi) is 6.64. The summed E-state index contributed by atoms with van der Waals surface area (Å²) in [5, 5.41) is 3.79. The van der Waals surface area contributed by atoms with Crippen molar-refractivity contribution in [3.8, 4) is 22.7 Å². The average Bonchev–Trinajstić information content (AvgIpc) is 2.89. The van der Waals surface area contributed by atoms with Gasteiger partial charge in [0, 0.05) is 37.9 Å². The minimum absolute atomic E-state index is 0.0427. The largest absolute Gasteiger partial charge is 0.496 e. The van der Waals surface area contributed by atoms with Crippen LogP contribution in [0, 0.1) is 19.7 Å². The van der Waals surface area contributed by atoms with E-state index in [1.165, 1.54) is 10.6 Å². The number of aromatic nitrogens is 4. The quantitative estimate of drug-likeness (QED) is 0.439. The molecule has 1 saturated heterocycles. The molecule has 0 unspecified atom stereocenters. The van der Waals surface area contributed by atoms with E-state index in [0.717, 1.165) is 29.9 Å². The fourth-order valence-corrected chi connectivity index (χ4v) is 5.00. The van der Waals surface area contributed by atoms with Crippen molar-refractivity contribution in [1.82, 2.24) is 24.8 Å². The van der Waals surface area contributed by atoms with Crippen LogP contribution in [0.15, 0.2) is 41.3 Å². The van der Waals surface area contributed by atoms with Crippen LogP contribution in [0.1, 0.15) is 36.6 Å². The van der Waals surface area contributed by atoms with Crippen molar-refractivity contribution < 1.29 is 9.13 Å². The van der Waals surface area contributed by atoms with Gasteiger partial charge in [-0.05, 0) is 49.1 Å². The molecule has 4 heterocycles. The SMILES string of the molecule is COc1cccc(C)c1-c1nc2c(cc1F)c(N1CCNCC1)nc(=O)n2-c1c(C)ccnc1C(C)C. The van der Waals surface area contributed by atoms with Crippen molar-refractivity contribution in [2.45, 2.75) is 33.6 Å². The van der Waals surface area contributed by atoms with E-state index in [9.17, 15) is 4.79 Å². The zero-order valence-electron chi connectivity index (χ0n) is 21.8. The molecule has 1 fully saturated rings. The van der Waals surface area contributed by atoms with E-state index in [-0.39, 0.29) is 11.6 Å². The van der Waals surface area contributed by atoms with E-state index in [2.05, 4.69) is 15.3 Å². The lowest BCUT2D eigenvalue weighted by Crippen LogP contribution is -2.45. The van der Waals surface area contributed by atoms with Crippen LogP contribution < -0.4 is 20.6 Å². The molecule has 1 aromatic carbocycles. The number of rotatable bonds is 5. The highest BCUT2D eigenvalue weighted by Gasteiger charge is 2.26. The van der Waals surface area contributed by atoms with Crippen molar-refractivity contribution in [2.24, 2.45) is 0 Å². The first-order chi connectivity index (χ1) is 17.8. The number of hydrogen-bond acceptors (Lipinski definition) is 7. The number of aryl methyl sites for hydroxylation is 2. The van der Waals surface area contributed by atoms with Crippen molar-refractivity contribution in [3.05, 3.63) is 69.7 Å². The lowest BCUT2D eigenvalue weighted by atomic mass is 10.0. The molecule has 192 valence electrons. The summed E-state index contributed by atoms with van der Waals surface area (Å²) in [6, 6.07) is 8.83. The number of pyridine rings is 2. The molecule has 3 aromatic heterocycles. The minimum Gasteiger partial charge on any atom is -0.496 e. The first kappa shape index (κ1) is 24.8. The first-order valence-corrected chi connectivity index (χ1v) is 12.5. The van der Waals surface area contributed by atoms with Crippen molar-refractivity contribution >= 4 is 16.9 Å². The molecule has 0 amide bonds. The number of anilines is 1. The van der Waals surface area contributed by atoms with Crippen molar-refractivity contribution in [2.75, 3.05) is 38.2 Å². The van der Waals surface area contributed by atoms with E-state index < -0.39 is 11.5 Å². The predicted molar refractivity (Wildman–Crippen MR) is 144 cm³/mol. The van der Waals surface area contributed by atoms with Gasteiger partial charge in [-0.3, -0.25) is 4.98 Å². The Morgan fingerprint density at radius 3 is 2.54 bits per heavy atom. The maximum absolute atomic E-state index is 15.9. The summed E-state index contributed by atoms with van der Waals surface area (Å²) in [4.78, 5) is 29.7. The van der Waals surface area contributed by atoms with Gasteiger partial charge in [-0.2, -0.15) is 4.98 Å². The molecule has 0 aliphatic carbocycles. The number of benzene rings is 1. The third-order valence-electron chi connectivity index (χ3n) is 6.83. The number of methoxy groups -OCH3 is 1. The van der Waals surface area contributed by atoms with Crippen molar-refractivity contribution in [1.29, 1.82) is 0 Å². The molecule has 1 aliphatic rings. The summed E-state index contributed by atoms with van der Waals surface area (Å²) in [5.41, 5.74) is 3.61. The van der Waals surface area contributed by atoms with E-state index in [1.807, 2.05) is 50.8 Å². The minimum atomic E-state index is -0.504. The van der Waals surface area contributed by atoms with E-state index in [4.69, 9.17) is 9.72 Å². The summed E-state index contributed by atoms with van der Waals surface area (Å²) in [5.74, 6) is 0.494. The van der Waals surface area contributed by atoms with Gasteiger partial charge in [-0.1, -0.05) is 26.0 Å². The highest BCUT2D eigenvalue weighted by molar-refractivity contribution is 5.91. The van der Waals surface area contributed by atoms with Gasteiger partial charge in [0.05, 0.1) is 23.9 Å². The lowest BCUT2D eigenvalue weighted by molar-refractivity contribution is 0.415. The van der Waals surface area contributed by atoms with Gasteiger partial charge in [0.2, 0.25) is 0 Å². The van der Waals surface area contributed by atoms with Gasteiger partial charge >= 0.3 is 5.69 Å². The first-order valence-electron chi connectivity index (χ1n) is 12.5. The lowest BCUT2D eigenvalue weighted by Gasteiger charge is -2.29. The summed E-state index contributed by atoms with van der Waals surface area (Å²) in [6.45, 7) is 10.7. The van der Waals surface area contributed by atoms with Crippen LogP contribution in [0.4, 0.5) is 10.2 Å². The topological polar surface area (TPSA) is 85.2 Å². The molecule has 1 aliphatic heterocycles. The summed E-state index contributed by atoms with van der Waals surface area (Å²) < 4.78 is 22.9. The fourth-order valence-electron chi connectivity index (χ4n) is 5.00. The maximum atomic E-state index is 15.9. The molecular formula is C28H31FN6O2. The number of nitrogens with zero attached hydrogens (tertiary/aromatic N) is 5. The number of halogens is 1. The van der Waals surface area contributed by atoms with Gasteiger partial charge in [0.1, 0.15) is 17.3 Å². The highest BCUT2D eigenvalue weighted by atomic mass is 19.1. The Morgan fingerprint density at radius 1 is 1.08 bits per heavy atom. The van der Waals surface area contributed by atoms with Gasteiger partial charge in [-0.15, -0.1) is 0 Å². The molecule has 0 saturated carbocycles.